The fourth-order valence-electron chi connectivity index (χ4n) is 2.77. The van der Waals surface area contributed by atoms with Crippen LogP contribution in [0, 0.1) is 13.8 Å². The fraction of sp³-hybridized carbons (Fsp3) is 0.211. The Morgan fingerprint density at radius 1 is 1.09 bits per heavy atom. The fourth-order valence-corrected chi connectivity index (χ4v) is 2.77. The van der Waals surface area contributed by atoms with Gasteiger partial charge in [-0.2, -0.15) is 0 Å². The Morgan fingerprint density at radius 2 is 1.77 bits per heavy atom. The van der Waals surface area contributed by atoms with Gasteiger partial charge in [-0.1, -0.05) is 36.4 Å². The van der Waals surface area contributed by atoms with E-state index in [1.807, 2.05) is 63.2 Å². The zero-order valence-corrected chi connectivity index (χ0v) is 13.0. The summed E-state index contributed by atoms with van der Waals surface area (Å²) in [4.78, 5) is 12.7. The molecule has 0 bridgehead atoms. The first-order chi connectivity index (χ1) is 10.5. The predicted octanol–water partition coefficient (Wildman–Crippen LogP) is 4.10. The molecule has 0 aliphatic rings. The smallest absolute Gasteiger partial charge is 0.196 e. The van der Waals surface area contributed by atoms with Crippen LogP contribution in [0.1, 0.15) is 29.7 Å². The molecule has 1 heterocycles. The number of hydrogen-bond donors (Lipinski definition) is 1. The van der Waals surface area contributed by atoms with Crippen LogP contribution in [0.3, 0.4) is 0 Å². The van der Waals surface area contributed by atoms with Crippen LogP contribution in [0.25, 0.3) is 22.3 Å². The minimum Gasteiger partial charge on any atom is -0.455 e. The van der Waals surface area contributed by atoms with E-state index in [0.29, 0.717) is 22.3 Å². The largest absolute Gasteiger partial charge is 0.455 e. The molecule has 0 aliphatic heterocycles. The second-order valence-corrected chi connectivity index (χ2v) is 5.77. The minimum absolute atomic E-state index is 0.00528. The van der Waals surface area contributed by atoms with Gasteiger partial charge >= 0.3 is 0 Å². The Morgan fingerprint density at radius 3 is 2.41 bits per heavy atom. The van der Waals surface area contributed by atoms with Crippen LogP contribution in [0.4, 0.5) is 0 Å². The summed E-state index contributed by atoms with van der Waals surface area (Å²) in [5.41, 5.74) is 10.1. The molecule has 0 aliphatic carbocycles. The summed E-state index contributed by atoms with van der Waals surface area (Å²) in [5.74, 6) is 0.615. The molecule has 0 saturated carbocycles. The van der Waals surface area contributed by atoms with Crippen molar-refractivity contribution in [2.75, 3.05) is 0 Å². The number of fused-ring (bicyclic) bond motifs is 1. The van der Waals surface area contributed by atoms with Gasteiger partial charge in [-0.25, -0.2) is 0 Å². The topological polar surface area (TPSA) is 56.2 Å². The van der Waals surface area contributed by atoms with Crippen LogP contribution in [-0.4, -0.2) is 0 Å². The standard InChI is InChI=1S/C19H19NO2/c1-11-9-15(13(3)20)19-16(10-11)17(21)12(2)18(22-19)14-7-5-4-6-8-14/h4-10,13H,20H2,1-3H3/t13-/m1/s1. The van der Waals surface area contributed by atoms with Gasteiger partial charge in [0.1, 0.15) is 11.3 Å². The molecule has 2 N–H and O–H groups in total. The first-order valence-corrected chi connectivity index (χ1v) is 7.38. The van der Waals surface area contributed by atoms with Gasteiger partial charge in [-0.05, 0) is 32.4 Å². The Hall–Kier alpha value is -2.39. The van der Waals surface area contributed by atoms with Crippen molar-refractivity contribution < 1.29 is 4.42 Å². The van der Waals surface area contributed by atoms with Gasteiger partial charge in [0, 0.05) is 22.7 Å². The normalized spacial score (nSPS) is 12.5. The Labute approximate surface area is 129 Å². The maximum absolute atomic E-state index is 12.7. The molecule has 3 nitrogen and oxygen atoms in total. The van der Waals surface area contributed by atoms with Crippen molar-refractivity contribution in [3.63, 3.8) is 0 Å². The molecule has 0 unspecified atom stereocenters. The van der Waals surface area contributed by atoms with Gasteiger partial charge in [-0.3, -0.25) is 4.79 Å². The van der Waals surface area contributed by atoms with Crippen LogP contribution < -0.4 is 11.2 Å². The molecule has 1 aromatic heterocycles. The van der Waals surface area contributed by atoms with E-state index in [2.05, 4.69) is 0 Å². The zero-order chi connectivity index (χ0) is 15.9. The van der Waals surface area contributed by atoms with E-state index < -0.39 is 0 Å². The van der Waals surface area contributed by atoms with Crippen LogP contribution in [-0.2, 0) is 0 Å². The first kappa shape index (κ1) is 14.5. The van der Waals surface area contributed by atoms with E-state index in [1.54, 1.807) is 0 Å². The number of rotatable bonds is 2. The maximum atomic E-state index is 12.7. The molecule has 3 rings (SSSR count). The molecule has 0 amide bonds. The van der Waals surface area contributed by atoms with Crippen molar-refractivity contribution in [3.05, 3.63) is 69.4 Å². The highest BCUT2D eigenvalue weighted by molar-refractivity contribution is 5.84. The monoisotopic (exact) mass is 293 g/mol. The summed E-state index contributed by atoms with van der Waals surface area (Å²) in [6, 6.07) is 13.3. The third-order valence-corrected chi connectivity index (χ3v) is 3.92. The van der Waals surface area contributed by atoms with E-state index in [-0.39, 0.29) is 11.5 Å². The quantitative estimate of drug-likeness (QED) is 0.774. The molecular formula is C19H19NO2. The second kappa shape index (κ2) is 5.43. The highest BCUT2D eigenvalue weighted by Gasteiger charge is 2.17. The maximum Gasteiger partial charge on any atom is 0.196 e. The Kier molecular flexibility index (Phi) is 3.59. The van der Waals surface area contributed by atoms with Crippen LogP contribution >= 0.6 is 0 Å². The average Bonchev–Trinajstić information content (AvgIpc) is 2.51. The number of nitrogens with two attached hydrogens (primary N) is 1. The Bertz CT molecular complexity index is 893. The van der Waals surface area contributed by atoms with Gasteiger partial charge in [0.2, 0.25) is 0 Å². The lowest BCUT2D eigenvalue weighted by Gasteiger charge is -2.13. The predicted molar refractivity (Wildman–Crippen MR) is 90.0 cm³/mol. The van der Waals surface area contributed by atoms with E-state index in [0.717, 1.165) is 16.7 Å². The van der Waals surface area contributed by atoms with Crippen molar-refractivity contribution in [1.82, 2.24) is 0 Å². The second-order valence-electron chi connectivity index (χ2n) is 5.77. The number of benzene rings is 2. The van der Waals surface area contributed by atoms with Crippen molar-refractivity contribution in [2.24, 2.45) is 5.73 Å². The molecule has 2 aromatic carbocycles. The highest BCUT2D eigenvalue weighted by Crippen LogP contribution is 2.29. The lowest BCUT2D eigenvalue weighted by Crippen LogP contribution is -2.12. The van der Waals surface area contributed by atoms with E-state index in [1.165, 1.54) is 0 Å². The molecular weight excluding hydrogens is 274 g/mol. The molecule has 22 heavy (non-hydrogen) atoms. The minimum atomic E-state index is -0.197. The van der Waals surface area contributed by atoms with Gasteiger partial charge < -0.3 is 10.2 Å². The van der Waals surface area contributed by atoms with E-state index in [4.69, 9.17) is 10.2 Å². The Balaban J connectivity index is 2.43. The average molecular weight is 293 g/mol. The molecule has 3 aromatic rings. The molecule has 1 atom stereocenters. The lowest BCUT2D eigenvalue weighted by atomic mass is 9.99. The van der Waals surface area contributed by atoms with Crippen LogP contribution in [0.15, 0.2) is 51.7 Å². The van der Waals surface area contributed by atoms with Gasteiger partial charge in [0.05, 0.1) is 5.39 Å². The van der Waals surface area contributed by atoms with Crippen LogP contribution in [0.5, 0.6) is 0 Å². The summed E-state index contributed by atoms with van der Waals surface area (Å²) in [6.45, 7) is 5.67. The summed E-state index contributed by atoms with van der Waals surface area (Å²) >= 11 is 0. The van der Waals surface area contributed by atoms with Crippen molar-refractivity contribution >= 4 is 11.0 Å². The summed E-state index contributed by atoms with van der Waals surface area (Å²) in [6.07, 6.45) is 0. The highest BCUT2D eigenvalue weighted by atomic mass is 16.3. The summed E-state index contributed by atoms with van der Waals surface area (Å²) in [7, 11) is 0. The number of aryl methyl sites for hydroxylation is 1. The first-order valence-electron chi connectivity index (χ1n) is 7.38. The van der Waals surface area contributed by atoms with Crippen molar-refractivity contribution in [2.45, 2.75) is 26.8 Å². The molecule has 112 valence electrons. The van der Waals surface area contributed by atoms with Gasteiger partial charge in [-0.15, -0.1) is 0 Å². The zero-order valence-electron chi connectivity index (χ0n) is 13.0. The van der Waals surface area contributed by atoms with Crippen molar-refractivity contribution in [1.29, 1.82) is 0 Å². The SMILES string of the molecule is Cc1cc([C@@H](C)N)c2oc(-c3ccccc3)c(C)c(=O)c2c1. The van der Waals surface area contributed by atoms with Gasteiger partial charge in [0.25, 0.3) is 0 Å². The van der Waals surface area contributed by atoms with E-state index >= 15 is 0 Å². The van der Waals surface area contributed by atoms with Crippen molar-refractivity contribution in [3.8, 4) is 11.3 Å². The third kappa shape index (κ3) is 2.34. The third-order valence-electron chi connectivity index (χ3n) is 3.92. The molecule has 0 fully saturated rings. The summed E-state index contributed by atoms with van der Waals surface area (Å²) < 4.78 is 6.13. The molecule has 0 radical (unpaired) electrons. The number of hydrogen-bond acceptors (Lipinski definition) is 3. The van der Waals surface area contributed by atoms with Gasteiger partial charge in [0.15, 0.2) is 5.43 Å². The van der Waals surface area contributed by atoms with E-state index in [9.17, 15) is 4.79 Å². The summed E-state index contributed by atoms with van der Waals surface area (Å²) in [5, 5.41) is 0.601. The van der Waals surface area contributed by atoms with Crippen LogP contribution in [0.2, 0.25) is 0 Å². The molecule has 3 heteroatoms. The molecule has 0 saturated heterocycles. The lowest BCUT2D eigenvalue weighted by molar-refractivity contribution is 0.603. The molecule has 0 spiro atoms.